The highest BCUT2D eigenvalue weighted by atomic mass is 32.2. The third-order valence-corrected chi connectivity index (χ3v) is 4.59. The van der Waals surface area contributed by atoms with Crippen molar-refractivity contribution in [3.05, 3.63) is 29.8 Å². The Kier molecular flexibility index (Phi) is 3.37. The Balaban J connectivity index is 1.93. The number of aliphatic hydroxyl groups is 1. The van der Waals surface area contributed by atoms with Crippen molar-refractivity contribution >= 4 is 15.5 Å². The molecule has 0 amide bonds. The van der Waals surface area contributed by atoms with Crippen LogP contribution in [0.2, 0.25) is 0 Å². The van der Waals surface area contributed by atoms with Gasteiger partial charge < -0.3 is 16.2 Å². The fraction of sp³-hybridized carbons (Fsp3) is 0.455. The van der Waals surface area contributed by atoms with E-state index in [1.54, 1.807) is 12.1 Å². The van der Waals surface area contributed by atoms with Crippen molar-refractivity contribution in [2.24, 2.45) is 0 Å². The fourth-order valence-corrected chi connectivity index (χ4v) is 3.68. The summed E-state index contributed by atoms with van der Waals surface area (Å²) in [4.78, 5) is 0. The Morgan fingerprint density at radius 1 is 1.29 bits per heavy atom. The monoisotopic (exact) mass is 256 g/mol. The minimum absolute atomic E-state index is 0.00311. The van der Waals surface area contributed by atoms with E-state index in [-0.39, 0.29) is 17.5 Å². The van der Waals surface area contributed by atoms with Crippen LogP contribution in [0.1, 0.15) is 5.56 Å². The average Bonchev–Trinajstić information content (AvgIpc) is 2.51. The second-order valence-corrected chi connectivity index (χ2v) is 6.53. The molecule has 6 heteroatoms. The van der Waals surface area contributed by atoms with Gasteiger partial charge in [0.05, 0.1) is 17.6 Å². The Hall–Kier alpha value is -1.11. The zero-order valence-corrected chi connectivity index (χ0v) is 10.2. The summed E-state index contributed by atoms with van der Waals surface area (Å²) in [6, 6.07) is 6.95. The third-order valence-electron chi connectivity index (χ3n) is 2.87. The molecular formula is C11H16N2O3S. The minimum atomic E-state index is -3.09. The van der Waals surface area contributed by atoms with Gasteiger partial charge >= 0.3 is 0 Å². The lowest BCUT2D eigenvalue weighted by Crippen LogP contribution is -2.38. The van der Waals surface area contributed by atoms with Crippen LogP contribution >= 0.6 is 0 Å². The van der Waals surface area contributed by atoms with E-state index in [0.717, 1.165) is 5.56 Å². The van der Waals surface area contributed by atoms with Gasteiger partial charge in [0.2, 0.25) is 0 Å². The molecule has 2 rings (SSSR count). The van der Waals surface area contributed by atoms with E-state index in [1.165, 1.54) is 0 Å². The highest BCUT2D eigenvalue weighted by Crippen LogP contribution is 2.13. The summed E-state index contributed by atoms with van der Waals surface area (Å²) in [6.07, 6.45) is -0.811. The molecule has 0 aromatic heterocycles. The molecule has 0 bridgehead atoms. The highest BCUT2D eigenvalue weighted by molar-refractivity contribution is 7.91. The molecule has 1 heterocycles. The molecule has 1 aromatic rings. The van der Waals surface area contributed by atoms with Crippen LogP contribution in [0.5, 0.6) is 0 Å². The number of aliphatic hydroxyl groups excluding tert-OH is 1. The van der Waals surface area contributed by atoms with Gasteiger partial charge in [-0.05, 0) is 17.7 Å². The van der Waals surface area contributed by atoms with E-state index in [1.807, 2.05) is 12.1 Å². The predicted octanol–water partition coefficient (Wildman–Crippen LogP) is -0.484. The summed E-state index contributed by atoms with van der Waals surface area (Å²) >= 11 is 0. The second-order valence-electron chi connectivity index (χ2n) is 4.37. The molecule has 0 aliphatic carbocycles. The normalized spacial score (nSPS) is 27.1. The first-order valence-electron chi connectivity index (χ1n) is 5.42. The summed E-state index contributed by atoms with van der Waals surface area (Å²) in [5.74, 6) is -0.143. The minimum Gasteiger partial charge on any atom is -0.399 e. The number of anilines is 1. The molecule has 0 spiro atoms. The number of nitrogen functional groups attached to an aromatic ring is 1. The van der Waals surface area contributed by atoms with Crippen molar-refractivity contribution in [1.82, 2.24) is 5.32 Å². The van der Waals surface area contributed by atoms with E-state index in [0.29, 0.717) is 12.2 Å². The molecule has 0 radical (unpaired) electrons. The Morgan fingerprint density at radius 3 is 2.47 bits per heavy atom. The van der Waals surface area contributed by atoms with Gasteiger partial charge in [0, 0.05) is 18.3 Å². The topological polar surface area (TPSA) is 92.4 Å². The molecule has 4 N–H and O–H groups in total. The van der Waals surface area contributed by atoms with Crippen molar-refractivity contribution in [3.8, 4) is 0 Å². The largest absolute Gasteiger partial charge is 0.399 e. The first kappa shape index (κ1) is 12.3. The van der Waals surface area contributed by atoms with Crippen LogP contribution in [0.4, 0.5) is 5.69 Å². The Morgan fingerprint density at radius 2 is 1.94 bits per heavy atom. The van der Waals surface area contributed by atoms with Gasteiger partial charge in [-0.3, -0.25) is 0 Å². The lowest BCUT2D eigenvalue weighted by molar-refractivity contribution is 0.165. The van der Waals surface area contributed by atoms with Gasteiger partial charge in [0.15, 0.2) is 9.84 Å². The first-order chi connectivity index (χ1) is 7.96. The summed E-state index contributed by atoms with van der Waals surface area (Å²) in [7, 11) is -3.09. The summed E-state index contributed by atoms with van der Waals surface area (Å²) < 4.78 is 22.6. The van der Waals surface area contributed by atoms with E-state index in [4.69, 9.17) is 5.73 Å². The Bertz CT molecular complexity index is 484. The van der Waals surface area contributed by atoms with Crippen LogP contribution in [0.15, 0.2) is 24.3 Å². The van der Waals surface area contributed by atoms with Crippen LogP contribution in [-0.2, 0) is 16.4 Å². The van der Waals surface area contributed by atoms with Gasteiger partial charge in [-0.1, -0.05) is 12.1 Å². The van der Waals surface area contributed by atoms with Crippen LogP contribution in [-0.4, -0.2) is 37.2 Å². The summed E-state index contributed by atoms with van der Waals surface area (Å²) in [5, 5.41) is 12.6. The van der Waals surface area contributed by atoms with Crippen molar-refractivity contribution in [3.63, 3.8) is 0 Å². The summed E-state index contributed by atoms with van der Waals surface area (Å²) in [6.45, 7) is 0.525. The van der Waals surface area contributed by atoms with E-state index in [9.17, 15) is 13.5 Å². The van der Waals surface area contributed by atoms with Crippen LogP contribution in [0.25, 0.3) is 0 Å². The number of nitrogens with one attached hydrogen (secondary N) is 1. The molecule has 94 valence electrons. The average molecular weight is 256 g/mol. The predicted molar refractivity (Wildman–Crippen MR) is 66.1 cm³/mol. The molecule has 0 unspecified atom stereocenters. The highest BCUT2D eigenvalue weighted by Gasteiger charge is 2.35. The molecule has 0 saturated carbocycles. The van der Waals surface area contributed by atoms with E-state index < -0.39 is 15.9 Å². The molecule has 1 aliphatic rings. The SMILES string of the molecule is Nc1ccc(CN[C@H]2CS(=O)(=O)C[C@@H]2O)cc1. The van der Waals surface area contributed by atoms with Crippen molar-refractivity contribution < 1.29 is 13.5 Å². The molecule has 1 fully saturated rings. The number of nitrogens with two attached hydrogens (primary N) is 1. The van der Waals surface area contributed by atoms with E-state index >= 15 is 0 Å². The van der Waals surface area contributed by atoms with Crippen molar-refractivity contribution in [2.75, 3.05) is 17.2 Å². The number of benzene rings is 1. The molecule has 5 nitrogen and oxygen atoms in total. The lowest BCUT2D eigenvalue weighted by Gasteiger charge is -2.14. The number of hydrogen-bond acceptors (Lipinski definition) is 5. The second kappa shape index (κ2) is 4.64. The molecule has 17 heavy (non-hydrogen) atoms. The van der Waals surface area contributed by atoms with Crippen molar-refractivity contribution in [2.45, 2.75) is 18.7 Å². The zero-order valence-electron chi connectivity index (χ0n) is 9.33. The van der Waals surface area contributed by atoms with Crippen molar-refractivity contribution in [1.29, 1.82) is 0 Å². The quantitative estimate of drug-likeness (QED) is 0.635. The molecule has 2 atom stereocenters. The molecule has 1 aromatic carbocycles. The van der Waals surface area contributed by atoms with Gasteiger partial charge in [-0.2, -0.15) is 0 Å². The number of hydrogen-bond donors (Lipinski definition) is 3. The van der Waals surface area contributed by atoms with Crippen LogP contribution in [0, 0.1) is 0 Å². The maximum absolute atomic E-state index is 11.3. The maximum Gasteiger partial charge on any atom is 0.154 e. The lowest BCUT2D eigenvalue weighted by atomic mass is 10.1. The van der Waals surface area contributed by atoms with Crippen LogP contribution < -0.4 is 11.1 Å². The molecular weight excluding hydrogens is 240 g/mol. The Labute approximate surface area is 101 Å². The smallest absolute Gasteiger partial charge is 0.154 e. The van der Waals surface area contributed by atoms with Gasteiger partial charge in [0.1, 0.15) is 0 Å². The molecule has 1 aliphatic heterocycles. The zero-order chi connectivity index (χ0) is 12.5. The summed E-state index contributed by atoms with van der Waals surface area (Å²) in [5.41, 5.74) is 7.26. The van der Waals surface area contributed by atoms with Crippen LogP contribution in [0.3, 0.4) is 0 Å². The van der Waals surface area contributed by atoms with Gasteiger partial charge in [0.25, 0.3) is 0 Å². The van der Waals surface area contributed by atoms with Gasteiger partial charge in [-0.15, -0.1) is 0 Å². The van der Waals surface area contributed by atoms with Gasteiger partial charge in [-0.25, -0.2) is 8.42 Å². The third kappa shape index (κ3) is 3.18. The number of sulfone groups is 1. The maximum atomic E-state index is 11.3. The molecule has 1 saturated heterocycles. The first-order valence-corrected chi connectivity index (χ1v) is 7.25. The van der Waals surface area contributed by atoms with E-state index in [2.05, 4.69) is 5.32 Å². The number of rotatable bonds is 3. The standard InChI is InChI=1S/C11H16N2O3S/c12-9-3-1-8(2-4-9)5-13-10-6-17(15,16)7-11(10)14/h1-4,10-11,13-14H,5-7,12H2/t10-,11-/m0/s1. The fourth-order valence-electron chi connectivity index (χ4n) is 1.91.